The van der Waals surface area contributed by atoms with Crippen LogP contribution in [0.2, 0.25) is 15.1 Å². The third kappa shape index (κ3) is 7.02. The fourth-order valence-corrected chi connectivity index (χ4v) is 9.95. The van der Waals surface area contributed by atoms with Crippen LogP contribution in [0.15, 0.2) is 78.5 Å². The Kier molecular flexibility index (Phi) is 10.5. The van der Waals surface area contributed by atoms with E-state index in [2.05, 4.69) is 10.4 Å². The van der Waals surface area contributed by atoms with Crippen molar-refractivity contribution in [3.8, 4) is 11.5 Å². The highest BCUT2D eigenvalue weighted by Crippen LogP contribution is 2.65. The van der Waals surface area contributed by atoms with E-state index in [4.69, 9.17) is 39.5 Å². The lowest BCUT2D eigenvalue weighted by Gasteiger charge is -2.50. The Morgan fingerprint density at radius 3 is 1.97 bits per heavy atom. The van der Waals surface area contributed by atoms with E-state index in [9.17, 15) is 59.0 Å². The zero-order valence-electron chi connectivity index (χ0n) is 31.6. The number of benzene rings is 3. The maximum absolute atomic E-state index is 15.4. The number of rotatable bonds is 6. The zero-order valence-corrected chi connectivity index (χ0v) is 33.9. The second-order valence-corrected chi connectivity index (χ2v) is 16.5. The second-order valence-electron chi connectivity index (χ2n) is 15.2. The van der Waals surface area contributed by atoms with Gasteiger partial charge in [-0.2, -0.15) is 44.5 Å². The highest BCUT2D eigenvalue weighted by Gasteiger charge is 2.70. The number of ether oxygens (including phenoxy) is 1. The average molecular weight is 948 g/mol. The minimum absolute atomic E-state index is 0.0963. The summed E-state index contributed by atoms with van der Waals surface area (Å²) in [6, 6.07) is 9.09. The first-order valence-corrected chi connectivity index (χ1v) is 19.6. The second kappa shape index (κ2) is 15.0. The Hall–Kier alpha value is -5.53. The van der Waals surface area contributed by atoms with E-state index in [1.807, 2.05) is 0 Å². The number of phenolic OH excluding ortho intramolecular Hbond substituents is 1. The number of alkyl halides is 9. The number of nitrogens with one attached hydrogen (secondary N) is 1. The number of anilines is 2. The molecule has 4 aromatic rings. The van der Waals surface area contributed by atoms with Crippen LogP contribution < -0.4 is 15.1 Å². The van der Waals surface area contributed by atoms with E-state index < -0.39 is 123 Å². The molecule has 3 fully saturated rings. The summed E-state index contributed by atoms with van der Waals surface area (Å²) in [6.45, 7) is 0. The average Bonchev–Trinajstić information content (AvgIpc) is 3.59. The van der Waals surface area contributed by atoms with Crippen molar-refractivity contribution in [3.05, 3.63) is 121 Å². The number of allylic oxidation sites excluding steroid dienone is 2. The summed E-state index contributed by atoms with van der Waals surface area (Å²) in [4.78, 5) is 62.9. The number of nitrogens with zero attached hydrogens (tertiary/aromatic N) is 3. The van der Waals surface area contributed by atoms with Crippen LogP contribution in [0.3, 0.4) is 0 Å². The van der Waals surface area contributed by atoms with Crippen molar-refractivity contribution in [2.45, 2.75) is 42.7 Å². The number of phenols is 1. The lowest BCUT2D eigenvalue weighted by molar-refractivity contribution is -0.143. The van der Waals surface area contributed by atoms with Crippen molar-refractivity contribution in [1.29, 1.82) is 0 Å². The quantitative estimate of drug-likeness (QED) is 0.111. The summed E-state index contributed by atoms with van der Waals surface area (Å²) in [5.41, 5.74) is -4.99. The summed E-state index contributed by atoms with van der Waals surface area (Å²) in [5.74, 6) is -12.7. The van der Waals surface area contributed by atoms with E-state index in [-0.39, 0.29) is 62.0 Å². The molecule has 3 aromatic carbocycles. The number of hydrazine groups is 1. The fraction of sp³-hybridized carbons (Fsp3) is 0.293. The molecule has 6 atom stereocenters. The van der Waals surface area contributed by atoms with Crippen molar-refractivity contribution >= 4 is 69.9 Å². The topological polar surface area (TPSA) is 129 Å². The van der Waals surface area contributed by atoms with Crippen LogP contribution in [-0.4, -0.2) is 45.8 Å². The summed E-state index contributed by atoms with van der Waals surface area (Å²) >= 11 is 19.0. The van der Waals surface area contributed by atoms with Crippen LogP contribution in [0.1, 0.15) is 46.6 Å². The number of halogens is 12. The number of pyridine rings is 1. The molecule has 0 spiro atoms. The number of aromatic hydroxyl groups is 1. The number of aromatic nitrogens is 1. The normalized spacial score (nSPS) is 24.9. The van der Waals surface area contributed by atoms with Gasteiger partial charge in [-0.15, -0.1) is 0 Å². The predicted molar refractivity (Wildman–Crippen MR) is 205 cm³/mol. The Balaban J connectivity index is 1.32. The van der Waals surface area contributed by atoms with Gasteiger partial charge in [-0.25, -0.2) is 9.88 Å². The molecule has 4 amide bonds. The van der Waals surface area contributed by atoms with E-state index in [0.29, 0.717) is 17.3 Å². The molecule has 0 radical (unpaired) electrons. The summed E-state index contributed by atoms with van der Waals surface area (Å²) in [5, 5.41) is 10.5. The van der Waals surface area contributed by atoms with Crippen LogP contribution in [0.25, 0.3) is 0 Å². The number of hydrogen-bond donors (Lipinski definition) is 2. The van der Waals surface area contributed by atoms with Gasteiger partial charge in [0.1, 0.15) is 0 Å². The predicted octanol–water partition coefficient (Wildman–Crippen LogP) is 10.0. The Labute approximate surface area is 364 Å². The van der Waals surface area contributed by atoms with Crippen LogP contribution >= 0.6 is 34.8 Å². The minimum Gasteiger partial charge on any atom is -0.503 e. The number of hydrogen-bond acceptors (Lipinski definition) is 8. The van der Waals surface area contributed by atoms with Gasteiger partial charge in [-0.05, 0) is 78.4 Å². The largest absolute Gasteiger partial charge is 0.503 e. The van der Waals surface area contributed by atoms with Gasteiger partial charge in [0.25, 0.3) is 11.8 Å². The standard InChI is InChI=1S/C41H26Cl3F9N4O6/c1-63-29-9-16(8-27(43)32(29)58)31-23-6-7-24-30(36(61)56(34(24)59)22-11-18(39(45,46)47)10-19(12-22)40(48,49)50)25(23)14-26-35(60)57(37(62)38(26,31)17-2-4-21(42)5-3-17)55-33-28(44)13-20(15-54-33)41(51,52)53/h2-6,8-13,15,24-26,30-31,58H,7,14H2,1H3,(H,54,55)/t24-,25+,26-,30-,31-,38+/m0/s1. The maximum Gasteiger partial charge on any atom is 0.417 e. The van der Waals surface area contributed by atoms with Crippen LogP contribution in [0, 0.1) is 23.7 Å². The van der Waals surface area contributed by atoms with Gasteiger partial charge in [-0.1, -0.05) is 58.6 Å². The molecule has 1 aromatic heterocycles. The van der Waals surface area contributed by atoms with Gasteiger partial charge in [-0.3, -0.25) is 24.6 Å². The number of fused-ring (bicyclic) bond motifs is 4. The first-order chi connectivity index (χ1) is 29.4. The molecule has 0 unspecified atom stereocenters. The van der Waals surface area contributed by atoms with Gasteiger partial charge in [0.2, 0.25) is 11.8 Å². The number of imide groups is 2. The molecule has 0 bridgehead atoms. The van der Waals surface area contributed by atoms with Crippen molar-refractivity contribution < 1.29 is 68.5 Å². The SMILES string of the molecule is COc1cc([C@H]2C3=CC[C@@H]4C(=O)N(c5cc(C(F)(F)F)cc(C(F)(F)F)c5)C(=O)[C@@H]4[C@@H]3C[C@H]3C(=O)N(Nc4ncc(C(F)(F)F)cc4Cl)C(=O)[C@@]23c2ccc(Cl)cc2)cc(Cl)c1O. The third-order valence-corrected chi connectivity index (χ3v) is 12.8. The van der Waals surface area contributed by atoms with E-state index in [0.717, 1.165) is 0 Å². The summed E-state index contributed by atoms with van der Waals surface area (Å²) in [6.07, 6.45) is -14.4. The van der Waals surface area contributed by atoms with Crippen molar-refractivity contribution in [1.82, 2.24) is 9.99 Å². The molecule has 22 heteroatoms. The number of methoxy groups -OCH3 is 1. The molecule has 10 nitrogen and oxygen atoms in total. The molecular weight excluding hydrogens is 922 g/mol. The van der Waals surface area contributed by atoms with E-state index in [1.165, 1.54) is 49.6 Å². The number of carbonyl (C=O) groups excluding carboxylic acids is 4. The monoisotopic (exact) mass is 946 g/mol. The summed E-state index contributed by atoms with van der Waals surface area (Å²) < 4.78 is 130. The molecule has 3 heterocycles. The zero-order chi connectivity index (χ0) is 45.9. The minimum atomic E-state index is -5.33. The number of carbonyl (C=O) groups is 4. The molecule has 4 aliphatic rings. The van der Waals surface area contributed by atoms with Crippen LogP contribution in [-0.2, 0) is 43.1 Å². The van der Waals surface area contributed by atoms with Gasteiger partial charge < -0.3 is 9.84 Å². The van der Waals surface area contributed by atoms with Gasteiger partial charge in [0.15, 0.2) is 17.3 Å². The molecule has 8 rings (SSSR count). The van der Waals surface area contributed by atoms with Crippen molar-refractivity contribution in [2.24, 2.45) is 23.7 Å². The molecule has 63 heavy (non-hydrogen) atoms. The molecular formula is C41H26Cl3F9N4O6. The molecule has 2 N–H and O–H groups in total. The molecule has 2 aliphatic heterocycles. The van der Waals surface area contributed by atoms with Gasteiger partial charge in [0.05, 0.1) is 62.7 Å². The first kappa shape index (κ1) is 44.1. The van der Waals surface area contributed by atoms with Gasteiger partial charge >= 0.3 is 18.5 Å². The molecule has 330 valence electrons. The van der Waals surface area contributed by atoms with Crippen molar-refractivity contribution in [2.75, 3.05) is 17.4 Å². The smallest absolute Gasteiger partial charge is 0.417 e. The highest BCUT2D eigenvalue weighted by molar-refractivity contribution is 6.33. The van der Waals surface area contributed by atoms with Crippen LogP contribution in [0.5, 0.6) is 11.5 Å². The molecule has 2 aliphatic carbocycles. The Morgan fingerprint density at radius 2 is 1.40 bits per heavy atom. The maximum atomic E-state index is 15.4. The lowest BCUT2D eigenvalue weighted by atomic mass is 9.49. The van der Waals surface area contributed by atoms with Gasteiger partial charge in [0, 0.05) is 17.1 Å². The first-order valence-electron chi connectivity index (χ1n) is 18.5. The molecule has 2 saturated heterocycles. The Bertz CT molecular complexity index is 2630. The van der Waals surface area contributed by atoms with E-state index >= 15 is 4.79 Å². The van der Waals surface area contributed by atoms with E-state index in [1.54, 1.807) is 0 Å². The third-order valence-electron chi connectivity index (χ3n) is 12.0. The molecule has 1 saturated carbocycles. The highest BCUT2D eigenvalue weighted by atomic mass is 35.5. The summed E-state index contributed by atoms with van der Waals surface area (Å²) in [7, 11) is 1.19. The fourth-order valence-electron chi connectivity index (χ4n) is 9.40. The van der Waals surface area contributed by atoms with Crippen LogP contribution in [0.4, 0.5) is 51.0 Å². The number of amides is 4. The van der Waals surface area contributed by atoms with Crippen molar-refractivity contribution in [3.63, 3.8) is 0 Å². The lowest BCUT2D eigenvalue weighted by Crippen LogP contribution is -2.53. The Morgan fingerprint density at radius 1 is 0.778 bits per heavy atom.